The molecule has 2 saturated heterocycles. The molecule has 2 fully saturated rings. The second-order valence-electron chi connectivity index (χ2n) is 9.23. The molecule has 9 nitrogen and oxygen atoms in total. The molecule has 0 radical (unpaired) electrons. The van der Waals surface area contributed by atoms with Gasteiger partial charge in [-0.2, -0.15) is 0 Å². The van der Waals surface area contributed by atoms with Gasteiger partial charge in [0.25, 0.3) is 5.91 Å². The third kappa shape index (κ3) is 4.80. The highest BCUT2D eigenvalue weighted by Crippen LogP contribution is 2.29. The number of amides is 4. The number of benzene rings is 2. The minimum absolute atomic E-state index is 0.0699. The van der Waals surface area contributed by atoms with Gasteiger partial charge in [0.15, 0.2) is 0 Å². The second kappa shape index (κ2) is 9.69. The Morgan fingerprint density at radius 2 is 1.60 bits per heavy atom. The van der Waals surface area contributed by atoms with Crippen molar-refractivity contribution in [1.29, 1.82) is 0 Å². The second-order valence-corrected chi connectivity index (χ2v) is 9.23. The molecule has 0 spiro atoms. The number of piperidine rings is 1. The predicted octanol–water partition coefficient (Wildman–Crippen LogP) is 2.39. The van der Waals surface area contributed by atoms with E-state index in [0.717, 1.165) is 17.9 Å². The topological polar surface area (TPSA) is 88.2 Å². The molecule has 1 unspecified atom stereocenters. The summed E-state index contributed by atoms with van der Waals surface area (Å²) in [7, 11) is 1.96. The van der Waals surface area contributed by atoms with Crippen molar-refractivity contribution in [3.63, 3.8) is 0 Å². The normalized spacial score (nSPS) is 18.9. The Balaban J connectivity index is 1.23. The SMILES string of the molecule is CN1C=C2C(=O)N(C3CCN(C(=O)C(NC(=O)Nc4ccccc4)c4ccccc4)CC3)CN2C1. The Bertz CT molecular complexity index is 1110. The number of urea groups is 1. The third-order valence-electron chi connectivity index (χ3n) is 6.78. The Kier molecular flexibility index (Phi) is 6.31. The van der Waals surface area contributed by atoms with Crippen LogP contribution in [0.4, 0.5) is 10.5 Å². The molecule has 0 bridgehead atoms. The van der Waals surface area contributed by atoms with E-state index in [9.17, 15) is 14.4 Å². The number of carbonyl (C=O) groups is 3. The molecule has 4 amide bonds. The van der Waals surface area contributed by atoms with E-state index in [1.54, 1.807) is 17.0 Å². The lowest BCUT2D eigenvalue weighted by Gasteiger charge is -2.38. The largest absolute Gasteiger partial charge is 0.361 e. The highest BCUT2D eigenvalue weighted by molar-refractivity contribution is 5.96. The molecule has 1 atom stereocenters. The molecule has 3 aliphatic heterocycles. The number of likely N-dealkylation sites (tertiary alicyclic amines) is 1. The summed E-state index contributed by atoms with van der Waals surface area (Å²) in [4.78, 5) is 47.0. The Labute approximate surface area is 205 Å². The molecule has 2 aromatic rings. The molecule has 0 saturated carbocycles. The molecule has 3 heterocycles. The number of hydrogen-bond donors (Lipinski definition) is 2. The Hall–Kier alpha value is -4.01. The standard InChI is InChI=1S/C26H30N6O3/c1-29-16-22-24(33)32(18-31(22)17-29)21-12-14-30(15-13-21)25(34)23(19-8-4-2-5-9-19)28-26(35)27-20-10-6-3-7-11-20/h2-11,16,21,23H,12-15,17-18H2,1H3,(H2,27,28,35). The fourth-order valence-electron chi connectivity index (χ4n) is 5.00. The maximum atomic E-state index is 13.6. The summed E-state index contributed by atoms with van der Waals surface area (Å²) < 4.78 is 0. The molecule has 2 aromatic carbocycles. The number of fused-ring (bicyclic) bond motifs is 1. The van der Waals surface area contributed by atoms with Gasteiger partial charge in [0.05, 0.1) is 13.3 Å². The van der Waals surface area contributed by atoms with Crippen LogP contribution in [0, 0.1) is 0 Å². The van der Waals surface area contributed by atoms with E-state index in [1.165, 1.54) is 0 Å². The number of nitrogens with one attached hydrogen (secondary N) is 2. The summed E-state index contributed by atoms with van der Waals surface area (Å²) in [5, 5.41) is 5.65. The average molecular weight is 475 g/mol. The Morgan fingerprint density at radius 3 is 2.26 bits per heavy atom. The van der Waals surface area contributed by atoms with Gasteiger partial charge in [-0.05, 0) is 30.5 Å². The van der Waals surface area contributed by atoms with Crippen LogP contribution >= 0.6 is 0 Å². The van der Waals surface area contributed by atoms with Crippen LogP contribution in [0.1, 0.15) is 24.4 Å². The Morgan fingerprint density at radius 1 is 0.943 bits per heavy atom. The van der Waals surface area contributed by atoms with Crippen LogP contribution in [-0.2, 0) is 9.59 Å². The van der Waals surface area contributed by atoms with Gasteiger partial charge in [0.1, 0.15) is 11.7 Å². The first kappa shape index (κ1) is 22.8. The molecule has 182 valence electrons. The minimum atomic E-state index is -0.795. The van der Waals surface area contributed by atoms with Crippen LogP contribution in [0.2, 0.25) is 0 Å². The maximum Gasteiger partial charge on any atom is 0.320 e. The molecular formula is C26H30N6O3. The lowest BCUT2D eigenvalue weighted by Crippen LogP contribution is -2.51. The highest BCUT2D eigenvalue weighted by atomic mass is 16.2. The summed E-state index contributed by atoms with van der Waals surface area (Å²) in [5.74, 6) is -0.0731. The van der Waals surface area contributed by atoms with Crippen molar-refractivity contribution < 1.29 is 14.4 Å². The number of carbonyl (C=O) groups excluding carboxylic acids is 3. The number of rotatable bonds is 5. The summed E-state index contributed by atoms with van der Waals surface area (Å²) in [6.45, 7) is 2.40. The van der Waals surface area contributed by atoms with Gasteiger partial charge >= 0.3 is 6.03 Å². The van der Waals surface area contributed by atoms with Crippen LogP contribution in [-0.4, -0.2) is 77.0 Å². The summed E-state index contributed by atoms with van der Waals surface area (Å²) in [5.41, 5.74) is 2.14. The van der Waals surface area contributed by atoms with Gasteiger partial charge in [-0.3, -0.25) is 9.59 Å². The first-order valence-corrected chi connectivity index (χ1v) is 11.9. The third-order valence-corrected chi connectivity index (χ3v) is 6.78. The van der Waals surface area contributed by atoms with Gasteiger partial charge in [-0.1, -0.05) is 48.5 Å². The molecule has 0 aromatic heterocycles. The van der Waals surface area contributed by atoms with E-state index in [-0.39, 0.29) is 17.9 Å². The summed E-state index contributed by atoms with van der Waals surface area (Å²) in [6, 6.07) is 17.3. The minimum Gasteiger partial charge on any atom is -0.361 e. The number of nitrogens with zero attached hydrogens (tertiary/aromatic N) is 4. The molecule has 0 aliphatic carbocycles. The summed E-state index contributed by atoms with van der Waals surface area (Å²) >= 11 is 0. The highest BCUT2D eigenvalue weighted by Gasteiger charge is 2.41. The van der Waals surface area contributed by atoms with Crippen LogP contribution < -0.4 is 10.6 Å². The monoisotopic (exact) mass is 474 g/mol. The van der Waals surface area contributed by atoms with E-state index in [0.29, 0.717) is 38.3 Å². The molecule has 5 rings (SSSR count). The van der Waals surface area contributed by atoms with Crippen LogP contribution in [0.25, 0.3) is 0 Å². The number of para-hydroxylation sites is 1. The lowest BCUT2D eigenvalue weighted by atomic mass is 10.0. The molecule has 35 heavy (non-hydrogen) atoms. The van der Waals surface area contributed by atoms with Crippen molar-refractivity contribution in [3.8, 4) is 0 Å². The van der Waals surface area contributed by atoms with Gasteiger partial charge in [0, 0.05) is 38.1 Å². The fraction of sp³-hybridized carbons (Fsp3) is 0.346. The van der Waals surface area contributed by atoms with E-state index < -0.39 is 12.1 Å². The van der Waals surface area contributed by atoms with E-state index in [1.807, 2.05) is 71.6 Å². The van der Waals surface area contributed by atoms with Gasteiger partial charge in [-0.25, -0.2) is 4.79 Å². The molecule has 2 N–H and O–H groups in total. The van der Waals surface area contributed by atoms with Gasteiger partial charge in [-0.15, -0.1) is 0 Å². The molecular weight excluding hydrogens is 444 g/mol. The van der Waals surface area contributed by atoms with Crippen LogP contribution in [0.3, 0.4) is 0 Å². The molecule has 9 heteroatoms. The number of hydrogen-bond acceptors (Lipinski definition) is 5. The van der Waals surface area contributed by atoms with Crippen molar-refractivity contribution in [2.45, 2.75) is 24.9 Å². The van der Waals surface area contributed by atoms with E-state index >= 15 is 0 Å². The van der Waals surface area contributed by atoms with Crippen molar-refractivity contribution in [2.75, 3.05) is 38.8 Å². The fourth-order valence-corrected chi connectivity index (χ4v) is 5.00. The average Bonchev–Trinajstić information content (AvgIpc) is 3.40. The van der Waals surface area contributed by atoms with Crippen molar-refractivity contribution in [1.82, 2.24) is 24.9 Å². The van der Waals surface area contributed by atoms with Gasteiger partial charge < -0.3 is 30.2 Å². The van der Waals surface area contributed by atoms with Crippen LogP contribution in [0.5, 0.6) is 0 Å². The van der Waals surface area contributed by atoms with E-state index in [2.05, 4.69) is 15.5 Å². The smallest absolute Gasteiger partial charge is 0.320 e. The van der Waals surface area contributed by atoms with Crippen molar-refractivity contribution in [3.05, 3.63) is 78.1 Å². The van der Waals surface area contributed by atoms with Crippen LogP contribution in [0.15, 0.2) is 72.6 Å². The zero-order valence-corrected chi connectivity index (χ0v) is 19.8. The molecule has 3 aliphatic rings. The summed E-state index contributed by atoms with van der Waals surface area (Å²) in [6.07, 6.45) is 3.33. The lowest BCUT2D eigenvalue weighted by molar-refractivity contribution is -0.135. The quantitative estimate of drug-likeness (QED) is 0.695. The first-order valence-electron chi connectivity index (χ1n) is 11.9. The van der Waals surface area contributed by atoms with E-state index in [4.69, 9.17) is 0 Å². The number of anilines is 1. The van der Waals surface area contributed by atoms with Gasteiger partial charge in [0.2, 0.25) is 5.91 Å². The van der Waals surface area contributed by atoms with Crippen molar-refractivity contribution in [2.24, 2.45) is 0 Å². The maximum absolute atomic E-state index is 13.6. The first-order chi connectivity index (χ1) is 17.0. The zero-order valence-electron chi connectivity index (χ0n) is 19.8. The zero-order chi connectivity index (χ0) is 24.4. The van der Waals surface area contributed by atoms with Crippen molar-refractivity contribution >= 4 is 23.5 Å². The predicted molar refractivity (Wildman–Crippen MR) is 132 cm³/mol.